The first-order valence-electron chi connectivity index (χ1n) is 5.06. The van der Waals surface area contributed by atoms with Crippen molar-refractivity contribution in [1.29, 1.82) is 0 Å². The van der Waals surface area contributed by atoms with Crippen LogP contribution in [0.2, 0.25) is 0 Å². The van der Waals surface area contributed by atoms with Crippen LogP contribution in [0.4, 0.5) is 0 Å². The van der Waals surface area contributed by atoms with Crippen molar-refractivity contribution in [2.75, 3.05) is 0 Å². The van der Waals surface area contributed by atoms with Gasteiger partial charge in [0, 0.05) is 0 Å². The fraction of sp³-hybridized carbons (Fsp3) is 0.556. The van der Waals surface area contributed by atoms with E-state index in [0.717, 1.165) is 0 Å². The lowest BCUT2D eigenvalue weighted by molar-refractivity contribution is 0.0323. The lowest BCUT2D eigenvalue weighted by Crippen LogP contribution is -2.20. The van der Waals surface area contributed by atoms with Crippen molar-refractivity contribution in [3.8, 4) is 0 Å². The molecule has 17 heavy (non-hydrogen) atoms. The number of aromatic amines is 1. The fourth-order valence-corrected chi connectivity index (χ4v) is 2.10. The number of nitrogens with two attached hydrogens (primary N) is 1. The molecule has 1 rings (SSSR count). The van der Waals surface area contributed by atoms with Gasteiger partial charge in [-0.05, 0) is 20.3 Å². The summed E-state index contributed by atoms with van der Waals surface area (Å²) in [5.74, 6) is -0.798. The maximum Gasteiger partial charge on any atom is 0.360 e. The van der Waals surface area contributed by atoms with Crippen LogP contribution in [0.25, 0.3) is 0 Å². The molecule has 0 saturated heterocycles. The molecule has 1 aromatic rings. The Hall–Kier alpha value is -1.41. The number of H-pyrrole nitrogens is 1. The van der Waals surface area contributed by atoms with E-state index in [4.69, 9.17) is 9.88 Å². The van der Waals surface area contributed by atoms with Crippen LogP contribution in [0.5, 0.6) is 0 Å². The predicted molar refractivity (Wildman–Crippen MR) is 59.9 cm³/mol. The van der Waals surface area contributed by atoms with E-state index in [1.807, 2.05) is 6.92 Å². The second-order valence-electron chi connectivity index (χ2n) is 3.70. The fourth-order valence-electron chi connectivity index (χ4n) is 1.23. The van der Waals surface area contributed by atoms with Gasteiger partial charge in [-0.3, -0.25) is 5.10 Å². The third-order valence-electron chi connectivity index (χ3n) is 2.25. The summed E-state index contributed by atoms with van der Waals surface area (Å²) in [6.07, 6.45) is 0.313. The number of carbonyl (C=O) groups excluding carboxylic acids is 1. The van der Waals surface area contributed by atoms with Crippen LogP contribution in [-0.2, 0) is 14.8 Å². The lowest BCUT2D eigenvalue weighted by Gasteiger charge is -2.09. The molecule has 3 N–H and O–H groups in total. The summed E-state index contributed by atoms with van der Waals surface area (Å²) >= 11 is 0. The molecule has 0 aliphatic carbocycles. The van der Waals surface area contributed by atoms with Gasteiger partial charge in [0.2, 0.25) is 10.0 Å². The van der Waals surface area contributed by atoms with Crippen LogP contribution >= 0.6 is 0 Å². The van der Waals surface area contributed by atoms with Gasteiger partial charge < -0.3 is 4.74 Å². The number of esters is 1. The molecule has 0 fully saturated rings. The number of rotatable bonds is 4. The Balaban J connectivity index is 3.12. The Kier molecular flexibility index (Phi) is 3.89. The van der Waals surface area contributed by atoms with Gasteiger partial charge >= 0.3 is 5.97 Å². The third-order valence-corrected chi connectivity index (χ3v) is 3.32. The van der Waals surface area contributed by atoms with E-state index in [1.54, 1.807) is 6.92 Å². The van der Waals surface area contributed by atoms with Crippen molar-refractivity contribution in [2.24, 2.45) is 5.14 Å². The van der Waals surface area contributed by atoms with Crippen molar-refractivity contribution in [1.82, 2.24) is 10.2 Å². The zero-order valence-corrected chi connectivity index (χ0v) is 10.7. The molecule has 1 aromatic heterocycles. The van der Waals surface area contributed by atoms with E-state index in [1.165, 1.54) is 6.92 Å². The molecule has 1 heterocycles. The number of aromatic nitrogens is 2. The van der Waals surface area contributed by atoms with Crippen LogP contribution in [0.1, 0.15) is 36.5 Å². The van der Waals surface area contributed by atoms with Gasteiger partial charge in [0.1, 0.15) is 4.90 Å². The van der Waals surface area contributed by atoms with Crippen molar-refractivity contribution in [3.05, 3.63) is 11.4 Å². The smallest absolute Gasteiger partial charge is 0.360 e. The second-order valence-corrected chi connectivity index (χ2v) is 5.19. The number of nitrogens with zero attached hydrogens (tertiary/aromatic N) is 1. The molecule has 96 valence electrons. The number of hydrogen-bond donors (Lipinski definition) is 2. The average Bonchev–Trinajstić information content (AvgIpc) is 2.59. The average molecular weight is 261 g/mol. The Bertz CT molecular complexity index is 520. The molecule has 0 aliphatic heterocycles. The minimum Gasteiger partial charge on any atom is -0.458 e. The van der Waals surface area contributed by atoms with E-state index in [9.17, 15) is 13.2 Å². The number of sulfonamides is 1. The van der Waals surface area contributed by atoms with Crippen molar-refractivity contribution >= 4 is 16.0 Å². The minimum absolute atomic E-state index is 0.212. The number of primary sulfonamides is 1. The number of hydrogen-bond acceptors (Lipinski definition) is 5. The highest BCUT2D eigenvalue weighted by atomic mass is 32.2. The molecule has 0 saturated carbocycles. The zero-order chi connectivity index (χ0) is 13.2. The largest absolute Gasteiger partial charge is 0.458 e. The number of ether oxygens (including phenoxy) is 1. The Morgan fingerprint density at radius 2 is 2.18 bits per heavy atom. The second kappa shape index (κ2) is 4.84. The third kappa shape index (κ3) is 3.04. The van der Waals surface area contributed by atoms with Gasteiger partial charge in [-0.15, -0.1) is 0 Å². The predicted octanol–water partition coefficient (Wildman–Crippen LogP) is 0.321. The summed E-state index contributed by atoms with van der Waals surface area (Å²) in [4.78, 5) is 11.4. The number of carbonyl (C=O) groups is 1. The summed E-state index contributed by atoms with van der Waals surface area (Å²) in [7, 11) is -4.00. The van der Waals surface area contributed by atoms with E-state index in [2.05, 4.69) is 10.2 Å². The van der Waals surface area contributed by atoms with Crippen LogP contribution in [-0.4, -0.2) is 30.7 Å². The van der Waals surface area contributed by atoms with E-state index in [-0.39, 0.29) is 22.4 Å². The summed E-state index contributed by atoms with van der Waals surface area (Å²) < 4.78 is 27.6. The first-order valence-corrected chi connectivity index (χ1v) is 6.60. The van der Waals surface area contributed by atoms with E-state index < -0.39 is 16.0 Å². The molecule has 0 radical (unpaired) electrons. The Labute approximate surface area is 99.4 Å². The summed E-state index contributed by atoms with van der Waals surface area (Å²) in [5, 5.41) is 11.0. The first-order chi connectivity index (χ1) is 7.77. The highest BCUT2D eigenvalue weighted by Crippen LogP contribution is 2.17. The SMILES string of the molecule is CCC(C)OC(=O)c1n[nH]c(C)c1S(N)(=O)=O. The van der Waals surface area contributed by atoms with Crippen molar-refractivity contribution in [2.45, 2.75) is 38.2 Å². The summed E-state index contributed by atoms with van der Waals surface area (Å²) in [5.41, 5.74) is -0.0890. The molecule has 7 nitrogen and oxygen atoms in total. The van der Waals surface area contributed by atoms with Crippen LogP contribution in [0.3, 0.4) is 0 Å². The first kappa shape index (κ1) is 13.7. The lowest BCUT2D eigenvalue weighted by atomic mass is 10.3. The van der Waals surface area contributed by atoms with Gasteiger partial charge in [-0.1, -0.05) is 6.92 Å². The van der Waals surface area contributed by atoms with Gasteiger partial charge in [-0.2, -0.15) is 5.10 Å². The van der Waals surface area contributed by atoms with Gasteiger partial charge in [0.25, 0.3) is 0 Å². The maximum atomic E-state index is 11.7. The molecular weight excluding hydrogens is 246 g/mol. The molecule has 8 heteroatoms. The summed E-state index contributed by atoms with van der Waals surface area (Å²) in [6.45, 7) is 5.01. The zero-order valence-electron chi connectivity index (χ0n) is 9.85. The van der Waals surface area contributed by atoms with Crippen molar-refractivity contribution in [3.63, 3.8) is 0 Å². The van der Waals surface area contributed by atoms with Gasteiger partial charge in [0.05, 0.1) is 11.8 Å². The van der Waals surface area contributed by atoms with Gasteiger partial charge in [0.15, 0.2) is 5.69 Å². The maximum absolute atomic E-state index is 11.7. The molecule has 0 bridgehead atoms. The standard InChI is InChI=1S/C9H15N3O4S/c1-4-5(2)16-9(13)7-8(17(10,14)15)6(3)11-12-7/h5H,4H2,1-3H3,(H,11,12)(H2,10,14,15). The van der Waals surface area contributed by atoms with E-state index in [0.29, 0.717) is 6.42 Å². The summed E-state index contributed by atoms with van der Waals surface area (Å²) in [6, 6.07) is 0. The van der Waals surface area contributed by atoms with Gasteiger partial charge in [-0.25, -0.2) is 18.4 Å². The Morgan fingerprint density at radius 3 is 2.65 bits per heavy atom. The molecular formula is C9H15N3O4S. The molecule has 1 unspecified atom stereocenters. The highest BCUT2D eigenvalue weighted by molar-refractivity contribution is 7.89. The normalized spacial score (nSPS) is 13.4. The number of aryl methyl sites for hydroxylation is 1. The van der Waals surface area contributed by atoms with E-state index >= 15 is 0 Å². The van der Waals surface area contributed by atoms with Crippen LogP contribution < -0.4 is 5.14 Å². The Morgan fingerprint density at radius 1 is 1.59 bits per heavy atom. The number of nitrogens with one attached hydrogen (secondary N) is 1. The topological polar surface area (TPSA) is 115 Å². The van der Waals surface area contributed by atoms with Crippen LogP contribution in [0.15, 0.2) is 4.90 Å². The monoisotopic (exact) mass is 261 g/mol. The quantitative estimate of drug-likeness (QED) is 0.757. The molecule has 0 spiro atoms. The minimum atomic E-state index is -4.00. The molecule has 0 aromatic carbocycles. The molecule has 1 atom stereocenters. The highest BCUT2D eigenvalue weighted by Gasteiger charge is 2.27. The molecule has 0 aliphatic rings. The van der Waals surface area contributed by atoms with Crippen LogP contribution in [0, 0.1) is 6.92 Å². The van der Waals surface area contributed by atoms with Crippen molar-refractivity contribution < 1.29 is 17.9 Å². The molecule has 0 amide bonds.